The number of ether oxygens (including phenoxy) is 3. The van der Waals surface area contributed by atoms with Crippen molar-refractivity contribution in [3.8, 4) is 0 Å². The first-order valence-electron chi connectivity index (χ1n) is 6.20. The molecule has 0 aromatic heterocycles. The maximum atomic E-state index is 12.0. The molecule has 0 bridgehead atoms. The third-order valence-electron chi connectivity index (χ3n) is 3.04. The third-order valence-corrected chi connectivity index (χ3v) is 3.04. The molecule has 2 heterocycles. The van der Waals surface area contributed by atoms with Crippen LogP contribution in [-0.2, 0) is 23.8 Å². The van der Waals surface area contributed by atoms with Gasteiger partial charge < -0.3 is 14.2 Å². The molecule has 2 aliphatic heterocycles. The Hall–Kier alpha value is -1.30. The van der Waals surface area contributed by atoms with Crippen molar-refractivity contribution in [2.24, 2.45) is 0 Å². The first kappa shape index (κ1) is 14.1. The minimum Gasteiger partial charge on any atom is -0.370 e. The van der Waals surface area contributed by atoms with E-state index in [1.54, 1.807) is 13.8 Å². The van der Waals surface area contributed by atoms with Crippen LogP contribution in [0.1, 0.15) is 13.8 Å². The predicted molar refractivity (Wildman–Crippen MR) is 67.8 cm³/mol. The fraction of sp³-hybridized carbons (Fsp3) is 0.571. The summed E-state index contributed by atoms with van der Waals surface area (Å²) in [5.74, 6) is -0.467. The lowest BCUT2D eigenvalue weighted by atomic mass is 10.0. The van der Waals surface area contributed by atoms with E-state index >= 15 is 0 Å². The van der Waals surface area contributed by atoms with Crippen molar-refractivity contribution in [3.63, 3.8) is 0 Å². The molecule has 0 aromatic carbocycles. The second kappa shape index (κ2) is 5.36. The summed E-state index contributed by atoms with van der Waals surface area (Å²) in [6, 6.07) is 0. The minimum atomic E-state index is -0.782. The van der Waals surface area contributed by atoms with Crippen molar-refractivity contribution >= 4 is 11.6 Å². The maximum absolute atomic E-state index is 12.0. The molecule has 0 radical (unpaired) electrons. The van der Waals surface area contributed by atoms with Crippen molar-refractivity contribution in [1.29, 1.82) is 0 Å². The smallest absolute Gasteiger partial charge is 0.189 e. The van der Waals surface area contributed by atoms with Crippen LogP contribution in [0.3, 0.4) is 0 Å². The fourth-order valence-electron chi connectivity index (χ4n) is 1.74. The van der Waals surface area contributed by atoms with Crippen LogP contribution in [0.5, 0.6) is 0 Å². The van der Waals surface area contributed by atoms with Crippen LogP contribution in [-0.4, -0.2) is 49.2 Å². The van der Waals surface area contributed by atoms with E-state index in [0.29, 0.717) is 24.4 Å². The average Bonchev–Trinajstić information content (AvgIpc) is 3.19. The van der Waals surface area contributed by atoms with Gasteiger partial charge >= 0.3 is 0 Å². The lowest BCUT2D eigenvalue weighted by Gasteiger charge is -2.21. The molecule has 4 atom stereocenters. The molecule has 4 unspecified atom stereocenters. The first-order valence-corrected chi connectivity index (χ1v) is 6.20. The van der Waals surface area contributed by atoms with E-state index in [4.69, 9.17) is 14.2 Å². The van der Waals surface area contributed by atoms with Crippen LogP contribution in [0.25, 0.3) is 0 Å². The molecule has 5 nitrogen and oxygen atoms in total. The molecule has 0 spiro atoms. The molecular formula is C14H18O5. The van der Waals surface area contributed by atoms with Gasteiger partial charge in [0.2, 0.25) is 0 Å². The van der Waals surface area contributed by atoms with Gasteiger partial charge in [0.05, 0.1) is 13.2 Å². The van der Waals surface area contributed by atoms with E-state index in [1.165, 1.54) is 0 Å². The molecule has 0 N–H and O–H groups in total. The Labute approximate surface area is 112 Å². The molecule has 5 heteroatoms. The summed E-state index contributed by atoms with van der Waals surface area (Å²) < 4.78 is 15.9. The van der Waals surface area contributed by atoms with E-state index in [9.17, 15) is 9.59 Å². The normalized spacial score (nSPS) is 27.3. The number of epoxide rings is 2. The monoisotopic (exact) mass is 266 g/mol. The molecular weight excluding hydrogens is 248 g/mol. The van der Waals surface area contributed by atoms with E-state index in [-0.39, 0.29) is 23.8 Å². The molecule has 0 amide bonds. The van der Waals surface area contributed by atoms with Gasteiger partial charge in [-0.1, -0.05) is 13.2 Å². The largest absolute Gasteiger partial charge is 0.370 e. The average molecular weight is 266 g/mol. The van der Waals surface area contributed by atoms with E-state index in [1.807, 2.05) is 0 Å². The summed E-state index contributed by atoms with van der Waals surface area (Å²) in [6.45, 7) is 11.4. The van der Waals surface area contributed by atoms with E-state index in [0.717, 1.165) is 0 Å². The zero-order valence-corrected chi connectivity index (χ0v) is 11.2. The van der Waals surface area contributed by atoms with Crippen LogP contribution in [0, 0.1) is 0 Å². The lowest BCUT2D eigenvalue weighted by Crippen LogP contribution is -2.40. The molecule has 0 saturated carbocycles. The van der Waals surface area contributed by atoms with Gasteiger partial charge in [-0.2, -0.15) is 0 Å². The Morgan fingerprint density at radius 3 is 1.53 bits per heavy atom. The van der Waals surface area contributed by atoms with Crippen LogP contribution >= 0.6 is 0 Å². The molecule has 0 aliphatic carbocycles. The number of ketones is 2. The molecule has 2 rings (SSSR count). The highest BCUT2D eigenvalue weighted by atomic mass is 16.6. The molecule has 2 fully saturated rings. The summed E-state index contributed by atoms with van der Waals surface area (Å²) in [6.07, 6.45) is -2.14. The van der Waals surface area contributed by atoms with Gasteiger partial charge in [-0.15, -0.1) is 0 Å². The second-order valence-corrected chi connectivity index (χ2v) is 5.01. The van der Waals surface area contributed by atoms with Crippen LogP contribution in [0.15, 0.2) is 24.3 Å². The highest BCUT2D eigenvalue weighted by molar-refractivity contribution is 6.00. The van der Waals surface area contributed by atoms with Crippen LogP contribution in [0.4, 0.5) is 0 Å². The zero-order valence-electron chi connectivity index (χ0n) is 11.2. The second-order valence-electron chi connectivity index (χ2n) is 5.01. The highest BCUT2D eigenvalue weighted by Crippen LogP contribution is 2.27. The summed E-state index contributed by atoms with van der Waals surface area (Å²) >= 11 is 0. The maximum Gasteiger partial charge on any atom is 0.189 e. The molecule has 0 aromatic rings. The number of Topliss-reactive ketones (excluding diaryl/α,β-unsaturated/α-hetero) is 2. The van der Waals surface area contributed by atoms with Gasteiger partial charge in [-0.25, -0.2) is 0 Å². The van der Waals surface area contributed by atoms with Crippen molar-refractivity contribution in [3.05, 3.63) is 24.3 Å². The molecule has 19 heavy (non-hydrogen) atoms. The molecule has 2 aliphatic rings. The van der Waals surface area contributed by atoms with Gasteiger partial charge in [0, 0.05) is 0 Å². The van der Waals surface area contributed by atoms with Crippen molar-refractivity contribution in [2.45, 2.75) is 38.3 Å². The molecule has 2 saturated heterocycles. The Morgan fingerprint density at radius 1 is 1.00 bits per heavy atom. The fourth-order valence-corrected chi connectivity index (χ4v) is 1.74. The highest BCUT2D eigenvalue weighted by Gasteiger charge is 2.46. The van der Waals surface area contributed by atoms with Crippen molar-refractivity contribution in [1.82, 2.24) is 0 Å². The van der Waals surface area contributed by atoms with E-state index in [2.05, 4.69) is 13.2 Å². The number of carbonyl (C=O) groups is 2. The zero-order chi connectivity index (χ0) is 14.2. The number of hydrogen-bond acceptors (Lipinski definition) is 5. The molecule has 104 valence electrons. The summed E-state index contributed by atoms with van der Waals surface area (Å²) in [4.78, 5) is 24.0. The standard InChI is InChI=1S/C14H18O5/c1-7(2)11(15)13(9-5-17-9)19-14(10-6-18-10)12(16)8(3)4/h9-10,13-14H,1,3,5-6H2,2,4H3. The van der Waals surface area contributed by atoms with Crippen LogP contribution in [0.2, 0.25) is 0 Å². The Bertz CT molecular complexity index is 391. The number of rotatable bonds is 8. The van der Waals surface area contributed by atoms with Crippen molar-refractivity contribution < 1.29 is 23.8 Å². The van der Waals surface area contributed by atoms with E-state index < -0.39 is 12.2 Å². The first-order chi connectivity index (χ1) is 8.91. The predicted octanol–water partition coefficient (Wildman–Crippen LogP) is 0.828. The van der Waals surface area contributed by atoms with Crippen LogP contribution < -0.4 is 0 Å². The summed E-state index contributed by atoms with van der Waals surface area (Å²) in [5, 5.41) is 0. The van der Waals surface area contributed by atoms with Gasteiger partial charge in [0.1, 0.15) is 24.4 Å². The SMILES string of the molecule is C=C(C)C(=O)C(OC(C(=O)C(=C)C)C1CO1)C1CO1. The number of hydrogen-bond donors (Lipinski definition) is 0. The van der Waals surface area contributed by atoms with Gasteiger partial charge in [0.15, 0.2) is 11.6 Å². The Morgan fingerprint density at radius 2 is 1.32 bits per heavy atom. The van der Waals surface area contributed by atoms with Gasteiger partial charge in [-0.05, 0) is 25.0 Å². The number of carbonyl (C=O) groups excluding carboxylic acids is 2. The Balaban J connectivity index is 2.09. The minimum absolute atomic E-state index is 0.234. The lowest BCUT2D eigenvalue weighted by molar-refractivity contribution is -0.142. The quantitative estimate of drug-likeness (QED) is 0.481. The van der Waals surface area contributed by atoms with Gasteiger partial charge in [-0.3, -0.25) is 9.59 Å². The third kappa shape index (κ3) is 3.37. The summed E-state index contributed by atoms with van der Waals surface area (Å²) in [5.41, 5.74) is 0.775. The topological polar surface area (TPSA) is 68.4 Å². The van der Waals surface area contributed by atoms with Gasteiger partial charge in [0.25, 0.3) is 0 Å². The van der Waals surface area contributed by atoms with Crippen molar-refractivity contribution in [2.75, 3.05) is 13.2 Å². The Kier molecular flexibility index (Phi) is 3.99. The summed E-state index contributed by atoms with van der Waals surface area (Å²) in [7, 11) is 0.